The van der Waals surface area contributed by atoms with Crippen molar-refractivity contribution in [1.82, 2.24) is 0 Å². The highest BCUT2D eigenvalue weighted by Crippen LogP contribution is 2.12. The van der Waals surface area contributed by atoms with Gasteiger partial charge >= 0.3 is 0 Å². The molecule has 0 atom stereocenters. The van der Waals surface area contributed by atoms with Crippen molar-refractivity contribution in [3.63, 3.8) is 0 Å². The van der Waals surface area contributed by atoms with Crippen LogP contribution in [-0.2, 0) is 4.79 Å². The van der Waals surface area contributed by atoms with E-state index in [1.807, 2.05) is 18.2 Å². The Morgan fingerprint density at radius 3 is 2.93 bits per heavy atom. The first kappa shape index (κ1) is 10.8. The number of unbranched alkanes of at least 4 members (excludes halogenated alkanes) is 2. The van der Waals surface area contributed by atoms with E-state index in [9.17, 15) is 4.79 Å². The third-order valence-corrected chi connectivity index (χ3v) is 2.09. The zero-order chi connectivity index (χ0) is 10.2. The van der Waals surface area contributed by atoms with E-state index in [4.69, 9.17) is 4.42 Å². The van der Waals surface area contributed by atoms with Crippen molar-refractivity contribution < 1.29 is 9.21 Å². The molecule has 0 aliphatic heterocycles. The fraction of sp³-hybridized carbons (Fsp3) is 0.417. The van der Waals surface area contributed by atoms with Gasteiger partial charge in [-0.05, 0) is 36.6 Å². The molecule has 0 N–H and O–H groups in total. The molecule has 0 amide bonds. The number of carbonyl (C=O) groups excluding carboxylic acids is 1. The highest BCUT2D eigenvalue weighted by atomic mass is 16.3. The zero-order valence-electron chi connectivity index (χ0n) is 8.53. The fourth-order valence-corrected chi connectivity index (χ4v) is 1.30. The Labute approximate surface area is 84.6 Å². The Morgan fingerprint density at radius 2 is 2.36 bits per heavy atom. The van der Waals surface area contributed by atoms with E-state index >= 15 is 0 Å². The summed E-state index contributed by atoms with van der Waals surface area (Å²) in [5.74, 6) is 0.753. The molecule has 0 aliphatic rings. The van der Waals surface area contributed by atoms with Gasteiger partial charge in [0.1, 0.15) is 12.0 Å². The maximum absolute atomic E-state index is 10.7. The normalized spacial score (nSPS) is 11.6. The van der Waals surface area contributed by atoms with Gasteiger partial charge in [-0.1, -0.05) is 19.8 Å². The summed E-state index contributed by atoms with van der Waals surface area (Å²) in [4.78, 5) is 10.7. The number of hydrogen-bond acceptors (Lipinski definition) is 2. The van der Waals surface area contributed by atoms with Crippen LogP contribution in [0.1, 0.15) is 38.4 Å². The van der Waals surface area contributed by atoms with E-state index in [0.717, 1.165) is 30.5 Å². The number of rotatable bonds is 6. The lowest BCUT2D eigenvalue weighted by atomic mass is 10.1. The van der Waals surface area contributed by atoms with E-state index in [-0.39, 0.29) is 0 Å². The molecule has 1 aromatic rings. The molecule has 1 rings (SSSR count). The van der Waals surface area contributed by atoms with Gasteiger partial charge in [-0.15, -0.1) is 0 Å². The van der Waals surface area contributed by atoms with Gasteiger partial charge in [-0.25, -0.2) is 0 Å². The topological polar surface area (TPSA) is 30.2 Å². The van der Waals surface area contributed by atoms with Crippen LogP contribution in [0.3, 0.4) is 0 Å². The van der Waals surface area contributed by atoms with E-state index in [1.165, 1.54) is 12.8 Å². The largest absolute Gasteiger partial charge is 0.465 e. The first-order valence-corrected chi connectivity index (χ1v) is 5.06. The number of allylic oxidation sites excluding steroid dienone is 1. The molecule has 0 fully saturated rings. The van der Waals surface area contributed by atoms with Crippen molar-refractivity contribution in [2.75, 3.05) is 0 Å². The second-order valence-corrected chi connectivity index (χ2v) is 3.31. The van der Waals surface area contributed by atoms with Gasteiger partial charge in [-0.3, -0.25) is 4.79 Å². The molecule has 0 saturated heterocycles. The van der Waals surface area contributed by atoms with Crippen LogP contribution in [0.2, 0.25) is 0 Å². The molecule has 0 unspecified atom stereocenters. The third-order valence-electron chi connectivity index (χ3n) is 2.09. The van der Waals surface area contributed by atoms with Crippen LogP contribution < -0.4 is 0 Å². The molecule has 76 valence electrons. The first-order chi connectivity index (χ1) is 6.86. The molecule has 0 aromatic carbocycles. The molecule has 0 saturated carbocycles. The van der Waals surface area contributed by atoms with Crippen LogP contribution in [-0.4, -0.2) is 6.29 Å². The van der Waals surface area contributed by atoms with E-state index in [2.05, 4.69) is 6.92 Å². The van der Waals surface area contributed by atoms with E-state index < -0.39 is 0 Å². The van der Waals surface area contributed by atoms with E-state index in [1.54, 1.807) is 6.26 Å². The fourth-order valence-electron chi connectivity index (χ4n) is 1.30. The summed E-state index contributed by atoms with van der Waals surface area (Å²) in [6.45, 7) is 2.15. The summed E-state index contributed by atoms with van der Waals surface area (Å²) in [5.41, 5.74) is 0.813. The van der Waals surface area contributed by atoms with Gasteiger partial charge in [0.25, 0.3) is 0 Å². The Bertz CT molecular complexity index is 283. The zero-order valence-corrected chi connectivity index (χ0v) is 8.53. The number of carbonyl (C=O) groups is 1. The monoisotopic (exact) mass is 192 g/mol. The highest BCUT2D eigenvalue weighted by molar-refractivity contribution is 5.80. The summed E-state index contributed by atoms with van der Waals surface area (Å²) < 4.78 is 5.14. The van der Waals surface area contributed by atoms with Crippen molar-refractivity contribution in [3.8, 4) is 0 Å². The maximum Gasteiger partial charge on any atom is 0.146 e. The predicted octanol–water partition coefficient (Wildman–Crippen LogP) is 3.44. The van der Waals surface area contributed by atoms with Gasteiger partial charge in [0.05, 0.1) is 6.26 Å². The second kappa shape index (κ2) is 6.19. The standard InChI is InChI=1S/C12H16O2/c1-2-3-4-6-11(10-13)9-12-7-5-8-14-12/h5,7-10H,2-4,6H2,1H3/b11-9-. The van der Waals surface area contributed by atoms with Crippen LogP contribution in [0.15, 0.2) is 28.4 Å². The molecule has 0 radical (unpaired) electrons. The average molecular weight is 192 g/mol. The molecular formula is C12H16O2. The average Bonchev–Trinajstić information content (AvgIpc) is 2.69. The summed E-state index contributed by atoms with van der Waals surface area (Å²) in [7, 11) is 0. The Kier molecular flexibility index (Phi) is 4.76. The minimum absolute atomic E-state index is 0.753. The second-order valence-electron chi connectivity index (χ2n) is 3.31. The number of aldehydes is 1. The Balaban J connectivity index is 2.49. The molecule has 14 heavy (non-hydrogen) atoms. The van der Waals surface area contributed by atoms with Gasteiger partial charge in [0.15, 0.2) is 0 Å². The van der Waals surface area contributed by atoms with E-state index in [0.29, 0.717) is 0 Å². The molecule has 0 spiro atoms. The molecule has 0 aliphatic carbocycles. The summed E-state index contributed by atoms with van der Waals surface area (Å²) in [6, 6.07) is 3.67. The summed E-state index contributed by atoms with van der Waals surface area (Å²) >= 11 is 0. The van der Waals surface area contributed by atoms with Gasteiger partial charge < -0.3 is 4.42 Å². The van der Waals surface area contributed by atoms with Crippen molar-refractivity contribution in [2.45, 2.75) is 32.6 Å². The third kappa shape index (κ3) is 3.60. The summed E-state index contributed by atoms with van der Waals surface area (Å²) in [6.07, 6.45) is 8.59. The van der Waals surface area contributed by atoms with Crippen molar-refractivity contribution in [1.29, 1.82) is 0 Å². The Morgan fingerprint density at radius 1 is 1.50 bits per heavy atom. The summed E-state index contributed by atoms with van der Waals surface area (Å²) in [5, 5.41) is 0. The van der Waals surface area contributed by atoms with Crippen LogP contribution in [0.25, 0.3) is 6.08 Å². The number of hydrogen-bond donors (Lipinski definition) is 0. The Hall–Kier alpha value is -1.31. The number of furan rings is 1. The SMILES string of the molecule is CCCCC/C(C=O)=C/c1ccco1. The lowest BCUT2D eigenvalue weighted by molar-refractivity contribution is -0.105. The first-order valence-electron chi connectivity index (χ1n) is 5.06. The molecule has 1 heterocycles. The molecule has 2 nitrogen and oxygen atoms in total. The maximum atomic E-state index is 10.7. The van der Waals surface area contributed by atoms with Gasteiger partial charge in [0, 0.05) is 0 Å². The minimum Gasteiger partial charge on any atom is -0.465 e. The highest BCUT2D eigenvalue weighted by Gasteiger charge is 1.97. The minimum atomic E-state index is 0.753. The quantitative estimate of drug-likeness (QED) is 0.392. The van der Waals surface area contributed by atoms with Gasteiger partial charge in [0.2, 0.25) is 0 Å². The smallest absolute Gasteiger partial charge is 0.146 e. The van der Waals surface area contributed by atoms with Crippen LogP contribution in [0.5, 0.6) is 0 Å². The predicted molar refractivity (Wildman–Crippen MR) is 56.9 cm³/mol. The lowest BCUT2D eigenvalue weighted by Gasteiger charge is -1.97. The molecule has 2 heteroatoms. The molecule has 0 bridgehead atoms. The van der Waals surface area contributed by atoms with Crippen molar-refractivity contribution in [2.24, 2.45) is 0 Å². The molecule has 1 aromatic heterocycles. The van der Waals surface area contributed by atoms with Gasteiger partial charge in [-0.2, -0.15) is 0 Å². The van der Waals surface area contributed by atoms with Crippen LogP contribution in [0, 0.1) is 0 Å². The van der Waals surface area contributed by atoms with Crippen molar-refractivity contribution in [3.05, 3.63) is 29.7 Å². The molecular weight excluding hydrogens is 176 g/mol. The van der Waals surface area contributed by atoms with Crippen molar-refractivity contribution >= 4 is 12.4 Å². The van der Waals surface area contributed by atoms with Crippen LogP contribution in [0.4, 0.5) is 0 Å². The van der Waals surface area contributed by atoms with Crippen LogP contribution >= 0.6 is 0 Å². The lowest BCUT2D eigenvalue weighted by Crippen LogP contribution is -1.85.